The van der Waals surface area contributed by atoms with Gasteiger partial charge in [-0.2, -0.15) is 33.7 Å². The molecule has 1 N–H and O–H groups in total. The highest BCUT2D eigenvalue weighted by molar-refractivity contribution is 6.05. The number of amides is 1. The zero-order valence-electron chi connectivity index (χ0n) is 16.2. The van der Waals surface area contributed by atoms with Crippen LogP contribution in [0.25, 0.3) is 5.82 Å². The van der Waals surface area contributed by atoms with Crippen LogP contribution in [0, 0.1) is 11.3 Å². The van der Waals surface area contributed by atoms with Crippen molar-refractivity contribution in [3.05, 3.63) is 83.6 Å². The molecule has 1 amide bonds. The number of hydrogen-bond acceptors (Lipinski definition) is 6. The van der Waals surface area contributed by atoms with Crippen molar-refractivity contribution in [2.24, 2.45) is 0 Å². The molecule has 0 radical (unpaired) electrons. The van der Waals surface area contributed by atoms with Gasteiger partial charge in [0.15, 0.2) is 11.5 Å². The summed E-state index contributed by atoms with van der Waals surface area (Å²) in [6.07, 6.45) is 0.0268. The number of pyridine rings is 1. The lowest BCUT2D eigenvalue weighted by molar-refractivity contribution is -0.144. The number of halogens is 3. The molecule has 32 heavy (non-hydrogen) atoms. The number of anilines is 1. The van der Waals surface area contributed by atoms with E-state index in [4.69, 9.17) is 0 Å². The van der Waals surface area contributed by atoms with E-state index >= 15 is 0 Å². The summed E-state index contributed by atoms with van der Waals surface area (Å²) in [7, 11) is 0. The second kappa shape index (κ2) is 8.31. The average Bonchev–Trinajstić information content (AvgIpc) is 3.44. The van der Waals surface area contributed by atoms with Gasteiger partial charge in [-0.15, -0.1) is 4.80 Å². The lowest BCUT2D eigenvalue weighted by Gasteiger charge is -2.13. The van der Waals surface area contributed by atoms with Crippen LogP contribution in [0.15, 0.2) is 61.2 Å². The summed E-state index contributed by atoms with van der Waals surface area (Å²) in [5, 5.41) is 23.2. The molecule has 0 spiro atoms. The van der Waals surface area contributed by atoms with Gasteiger partial charge >= 0.3 is 6.18 Å². The predicted molar refractivity (Wildman–Crippen MR) is 105 cm³/mol. The summed E-state index contributed by atoms with van der Waals surface area (Å²) < 4.78 is 42.0. The highest BCUT2D eigenvalue weighted by Gasteiger charge is 2.40. The molecule has 4 aromatic rings. The van der Waals surface area contributed by atoms with Crippen molar-refractivity contribution in [1.29, 1.82) is 5.26 Å². The minimum absolute atomic E-state index is 0.0230. The van der Waals surface area contributed by atoms with Crippen LogP contribution in [-0.4, -0.2) is 35.7 Å². The molecule has 12 heteroatoms. The summed E-state index contributed by atoms with van der Waals surface area (Å²) >= 11 is 0. The van der Waals surface area contributed by atoms with Crippen LogP contribution >= 0.6 is 0 Å². The number of rotatable bonds is 5. The first-order valence-electron chi connectivity index (χ1n) is 9.12. The molecule has 160 valence electrons. The van der Waals surface area contributed by atoms with E-state index in [9.17, 15) is 23.2 Å². The third-order valence-electron chi connectivity index (χ3n) is 4.38. The number of alkyl halides is 3. The molecule has 4 rings (SSSR count). The van der Waals surface area contributed by atoms with Gasteiger partial charge in [-0.3, -0.25) is 9.48 Å². The van der Waals surface area contributed by atoms with Crippen molar-refractivity contribution in [3.63, 3.8) is 0 Å². The topological polar surface area (TPSA) is 114 Å². The smallest absolute Gasteiger partial charge is 0.320 e. The first kappa shape index (κ1) is 20.7. The fourth-order valence-corrected chi connectivity index (χ4v) is 3.02. The highest BCUT2D eigenvalue weighted by Crippen LogP contribution is 2.33. The number of hydrogen-bond donors (Lipinski definition) is 1. The predicted octanol–water partition coefficient (Wildman–Crippen LogP) is 3.05. The van der Waals surface area contributed by atoms with Crippen LogP contribution in [0.5, 0.6) is 0 Å². The second-order valence-corrected chi connectivity index (χ2v) is 6.53. The minimum Gasteiger partial charge on any atom is -0.320 e. The zero-order chi connectivity index (χ0) is 22.7. The minimum atomic E-state index is -4.82. The average molecular weight is 438 g/mol. The Balaban J connectivity index is 1.63. The number of benzene rings is 1. The number of carbonyl (C=O) groups is 1. The molecule has 9 nitrogen and oxygen atoms in total. The number of nitrogens with one attached hydrogen (secondary N) is 1. The van der Waals surface area contributed by atoms with E-state index in [1.54, 1.807) is 30.3 Å². The molecule has 0 unspecified atom stereocenters. The van der Waals surface area contributed by atoms with Crippen LogP contribution in [-0.2, 0) is 12.7 Å². The Labute approximate surface area is 178 Å². The van der Waals surface area contributed by atoms with Gasteiger partial charge in [0, 0.05) is 0 Å². The number of aromatic nitrogens is 6. The van der Waals surface area contributed by atoms with Crippen molar-refractivity contribution in [3.8, 4) is 11.9 Å². The van der Waals surface area contributed by atoms with Crippen LogP contribution in [0.3, 0.4) is 0 Å². The largest absolute Gasteiger partial charge is 0.433 e. The second-order valence-electron chi connectivity index (χ2n) is 6.53. The van der Waals surface area contributed by atoms with Crippen molar-refractivity contribution in [1.82, 2.24) is 29.8 Å². The molecular weight excluding hydrogens is 425 g/mol. The normalized spacial score (nSPS) is 11.2. The number of nitrogens with zero attached hydrogens (tertiary/aromatic N) is 7. The fraction of sp³-hybridized carbons (Fsp3) is 0.100. The molecule has 0 bridgehead atoms. The van der Waals surface area contributed by atoms with Crippen LogP contribution in [0.1, 0.15) is 27.2 Å². The zero-order valence-corrected chi connectivity index (χ0v) is 16.2. The van der Waals surface area contributed by atoms with Gasteiger partial charge in [-0.25, -0.2) is 4.98 Å². The Bertz CT molecular complexity index is 1290. The number of carbonyl (C=O) groups excluding carboxylic acids is 1. The van der Waals surface area contributed by atoms with Gasteiger partial charge < -0.3 is 5.32 Å². The molecular formula is C20H13F3N8O. The first-order valence-corrected chi connectivity index (χ1v) is 9.12. The summed E-state index contributed by atoms with van der Waals surface area (Å²) in [4.78, 5) is 17.8. The van der Waals surface area contributed by atoms with E-state index in [1.165, 1.54) is 24.7 Å². The van der Waals surface area contributed by atoms with Gasteiger partial charge in [0.1, 0.15) is 11.6 Å². The Kier molecular flexibility index (Phi) is 5.38. The molecule has 0 atom stereocenters. The molecule has 0 fully saturated rings. The summed E-state index contributed by atoms with van der Waals surface area (Å²) in [6, 6.07) is 11.6. The van der Waals surface area contributed by atoms with Crippen molar-refractivity contribution >= 4 is 11.6 Å². The third-order valence-corrected chi connectivity index (χ3v) is 4.38. The van der Waals surface area contributed by atoms with Gasteiger partial charge in [-0.05, 0) is 11.6 Å². The van der Waals surface area contributed by atoms with E-state index in [1.807, 2.05) is 6.07 Å². The molecule has 0 aliphatic heterocycles. The van der Waals surface area contributed by atoms with Gasteiger partial charge in [-0.1, -0.05) is 30.3 Å². The third kappa shape index (κ3) is 4.17. The van der Waals surface area contributed by atoms with Crippen LogP contribution < -0.4 is 5.32 Å². The Morgan fingerprint density at radius 3 is 2.47 bits per heavy atom. The van der Waals surface area contributed by atoms with Crippen molar-refractivity contribution in [2.75, 3.05) is 5.32 Å². The summed E-state index contributed by atoms with van der Waals surface area (Å²) in [6.45, 7) is -0.158. The lowest BCUT2D eigenvalue weighted by Crippen LogP contribution is -2.21. The SMILES string of the molecule is N#Cc1cc(NC(=O)c2cnn(Cc3ccccc3)c2C(F)(F)F)cnc1-n1nccn1. The molecule has 0 saturated heterocycles. The molecule has 0 aliphatic carbocycles. The van der Waals surface area contributed by atoms with Crippen molar-refractivity contribution < 1.29 is 18.0 Å². The van der Waals surface area contributed by atoms with Crippen LogP contribution in [0.2, 0.25) is 0 Å². The quantitative estimate of drug-likeness (QED) is 0.512. The summed E-state index contributed by atoms with van der Waals surface area (Å²) in [5.74, 6) is -0.922. The Morgan fingerprint density at radius 1 is 1.09 bits per heavy atom. The molecule has 3 heterocycles. The van der Waals surface area contributed by atoms with E-state index in [0.717, 1.165) is 15.7 Å². The maximum Gasteiger partial charge on any atom is 0.433 e. The fourth-order valence-electron chi connectivity index (χ4n) is 3.02. The van der Waals surface area contributed by atoms with E-state index < -0.39 is 23.3 Å². The summed E-state index contributed by atoms with van der Waals surface area (Å²) in [5.41, 5.74) is -1.17. The number of nitriles is 1. The van der Waals surface area contributed by atoms with Crippen molar-refractivity contribution in [2.45, 2.75) is 12.7 Å². The maximum atomic E-state index is 13.8. The molecule has 1 aromatic carbocycles. The van der Waals surface area contributed by atoms with E-state index in [0.29, 0.717) is 5.56 Å². The molecule has 3 aromatic heterocycles. The highest BCUT2D eigenvalue weighted by atomic mass is 19.4. The monoisotopic (exact) mass is 438 g/mol. The van der Waals surface area contributed by atoms with Gasteiger partial charge in [0.05, 0.1) is 42.6 Å². The van der Waals surface area contributed by atoms with E-state index in [2.05, 4.69) is 25.6 Å². The molecule has 0 saturated carbocycles. The first-order chi connectivity index (χ1) is 15.4. The van der Waals surface area contributed by atoms with E-state index in [-0.39, 0.29) is 23.6 Å². The van der Waals surface area contributed by atoms with Gasteiger partial charge in [0.2, 0.25) is 0 Å². The lowest BCUT2D eigenvalue weighted by atomic mass is 10.2. The Hall–Kier alpha value is -4.53. The standard InChI is InChI=1S/C20H13F3N8O/c21-20(22,23)17-16(11-28-30(17)12-13-4-2-1-3-5-13)19(32)29-15-8-14(9-24)18(25-10-15)31-26-6-7-27-31/h1-8,10-11H,12H2,(H,29,32). The molecule has 0 aliphatic rings. The Morgan fingerprint density at radius 2 is 1.81 bits per heavy atom. The van der Waals surface area contributed by atoms with Gasteiger partial charge in [0.25, 0.3) is 5.91 Å². The van der Waals surface area contributed by atoms with Crippen LogP contribution in [0.4, 0.5) is 18.9 Å². The maximum absolute atomic E-state index is 13.8.